The molecule has 0 unspecified atom stereocenters. The first kappa shape index (κ1) is 18.1. The number of hydrogen-bond donors (Lipinski definition) is 0. The van der Waals surface area contributed by atoms with Crippen LogP contribution in [0.4, 0.5) is 0 Å². The van der Waals surface area contributed by atoms with Gasteiger partial charge in [0.25, 0.3) is 0 Å². The quantitative estimate of drug-likeness (QED) is 0.417. The third-order valence-corrected chi connectivity index (χ3v) is 5.83. The second kappa shape index (κ2) is 7.12. The molecule has 5 rings (SSSR count). The van der Waals surface area contributed by atoms with Crippen molar-refractivity contribution in [2.75, 3.05) is 0 Å². The van der Waals surface area contributed by atoms with Gasteiger partial charge in [-0.05, 0) is 66.3 Å². The average Bonchev–Trinajstić information content (AvgIpc) is 3.53. The van der Waals surface area contributed by atoms with Crippen molar-refractivity contribution in [3.63, 3.8) is 0 Å². The van der Waals surface area contributed by atoms with Crippen molar-refractivity contribution in [1.29, 1.82) is 0 Å². The summed E-state index contributed by atoms with van der Waals surface area (Å²) < 4.78 is 9.62. The molecule has 0 bridgehead atoms. The van der Waals surface area contributed by atoms with E-state index >= 15 is 0 Å². The Kier molecular flexibility index (Phi) is 4.44. The molecule has 4 aromatic rings. The van der Waals surface area contributed by atoms with E-state index in [2.05, 4.69) is 18.2 Å². The highest BCUT2D eigenvalue weighted by atomic mass is 35.5. The van der Waals surface area contributed by atoms with E-state index in [-0.39, 0.29) is 5.69 Å². The summed E-state index contributed by atoms with van der Waals surface area (Å²) in [6, 6.07) is 21.5. The molecule has 5 heteroatoms. The topological polar surface area (TPSA) is 36.2 Å². The van der Waals surface area contributed by atoms with Crippen LogP contribution >= 0.6 is 11.6 Å². The minimum atomic E-state index is 0.0554. The summed E-state index contributed by atoms with van der Waals surface area (Å²) in [5.41, 5.74) is 4.07. The highest BCUT2D eigenvalue weighted by Crippen LogP contribution is 2.33. The Bertz CT molecular complexity index is 1270. The molecule has 0 N–H and O–H groups in total. The fourth-order valence-corrected chi connectivity index (χ4v) is 3.89. The van der Waals surface area contributed by atoms with Gasteiger partial charge >= 0.3 is 5.69 Å². The number of nitrogens with zero attached hydrogens (tertiary/aromatic N) is 2. The van der Waals surface area contributed by atoms with Gasteiger partial charge in [-0.15, -0.1) is 0 Å². The maximum atomic E-state index is 12.7. The molecule has 0 amide bonds. The summed E-state index contributed by atoms with van der Waals surface area (Å²) in [6.45, 7) is 0.816. The van der Waals surface area contributed by atoms with Crippen molar-refractivity contribution in [3.05, 3.63) is 82.2 Å². The molecule has 0 spiro atoms. The molecule has 1 aliphatic carbocycles. The number of aromatic nitrogens is 2. The minimum Gasteiger partial charge on any atom is -0.456 e. The zero-order valence-electron chi connectivity index (χ0n) is 16.1. The highest BCUT2D eigenvalue weighted by molar-refractivity contribution is 6.32. The molecular weight excluding hydrogens is 384 g/mol. The number of hydrogen-bond acceptors (Lipinski definition) is 2. The summed E-state index contributed by atoms with van der Waals surface area (Å²) >= 11 is 6.21. The lowest BCUT2D eigenvalue weighted by Crippen LogP contribution is -2.22. The molecule has 0 aliphatic heterocycles. The van der Waals surface area contributed by atoms with Gasteiger partial charge in [0.1, 0.15) is 11.5 Å². The van der Waals surface area contributed by atoms with E-state index < -0.39 is 0 Å². The summed E-state index contributed by atoms with van der Waals surface area (Å²) in [5.74, 6) is 1.99. The van der Waals surface area contributed by atoms with Gasteiger partial charge < -0.3 is 4.74 Å². The van der Waals surface area contributed by atoms with Crippen LogP contribution in [0.25, 0.3) is 22.2 Å². The van der Waals surface area contributed by atoms with Crippen molar-refractivity contribution >= 4 is 22.6 Å². The van der Waals surface area contributed by atoms with Crippen molar-refractivity contribution in [2.45, 2.75) is 19.4 Å². The van der Waals surface area contributed by atoms with Crippen LogP contribution in [0.3, 0.4) is 0 Å². The Morgan fingerprint density at radius 2 is 1.76 bits per heavy atom. The van der Waals surface area contributed by atoms with E-state index in [1.165, 1.54) is 12.8 Å². The van der Waals surface area contributed by atoms with Gasteiger partial charge in [0.15, 0.2) is 0 Å². The largest absolute Gasteiger partial charge is 0.456 e. The number of ether oxygens (including phenoxy) is 1. The van der Waals surface area contributed by atoms with Crippen molar-refractivity contribution in [3.8, 4) is 22.6 Å². The van der Waals surface area contributed by atoms with Crippen LogP contribution in [0.2, 0.25) is 5.02 Å². The lowest BCUT2D eigenvalue weighted by Gasteiger charge is -2.09. The fourth-order valence-electron chi connectivity index (χ4n) is 3.72. The molecule has 29 heavy (non-hydrogen) atoms. The fraction of sp³-hybridized carbons (Fsp3) is 0.208. The summed E-state index contributed by atoms with van der Waals surface area (Å²) in [6.07, 6.45) is 2.44. The highest BCUT2D eigenvalue weighted by Gasteiger charge is 2.24. The third kappa shape index (κ3) is 3.45. The Morgan fingerprint density at radius 1 is 0.966 bits per heavy atom. The standard InChI is InChI=1S/C24H21ClN2O2/c1-26-22-14-18(11-12-21(22)27(24(26)28)15-16-9-10-16)17-5-4-6-19(13-17)29-23-8-3-2-7-20(23)25/h2-8,11-14,16H,9-10,15H2,1H3. The Hall–Kier alpha value is -2.98. The van der Waals surface area contributed by atoms with Gasteiger partial charge in [0, 0.05) is 13.6 Å². The molecule has 3 aromatic carbocycles. The van der Waals surface area contributed by atoms with E-state index in [9.17, 15) is 4.79 Å². The lowest BCUT2D eigenvalue weighted by atomic mass is 10.0. The van der Waals surface area contributed by atoms with Crippen molar-refractivity contribution in [1.82, 2.24) is 9.13 Å². The predicted octanol–water partition coefficient (Wildman–Crippen LogP) is 5.86. The lowest BCUT2D eigenvalue weighted by molar-refractivity contribution is 0.483. The molecule has 0 radical (unpaired) electrons. The minimum absolute atomic E-state index is 0.0554. The van der Waals surface area contributed by atoms with Crippen LogP contribution in [0.5, 0.6) is 11.5 Å². The van der Waals surface area contributed by atoms with Gasteiger partial charge in [-0.3, -0.25) is 9.13 Å². The first-order chi connectivity index (χ1) is 14.1. The molecule has 1 aromatic heterocycles. The van der Waals surface area contributed by atoms with Crippen LogP contribution in [-0.2, 0) is 13.6 Å². The summed E-state index contributed by atoms with van der Waals surface area (Å²) in [5, 5.41) is 0.575. The maximum absolute atomic E-state index is 12.7. The molecule has 1 aliphatic rings. The second-order valence-corrected chi connectivity index (χ2v) is 8.07. The second-order valence-electron chi connectivity index (χ2n) is 7.66. The summed E-state index contributed by atoms with van der Waals surface area (Å²) in [4.78, 5) is 12.7. The molecule has 0 saturated heterocycles. The molecular formula is C24H21ClN2O2. The SMILES string of the molecule is Cn1c(=O)n(CC2CC2)c2ccc(-c3cccc(Oc4ccccc4Cl)c3)cc21. The van der Waals surface area contributed by atoms with E-state index in [4.69, 9.17) is 16.3 Å². The molecule has 4 nitrogen and oxygen atoms in total. The zero-order valence-corrected chi connectivity index (χ0v) is 16.9. The van der Waals surface area contributed by atoms with E-state index in [0.717, 1.165) is 34.5 Å². The first-order valence-electron chi connectivity index (χ1n) is 9.82. The maximum Gasteiger partial charge on any atom is 0.328 e. The summed E-state index contributed by atoms with van der Waals surface area (Å²) in [7, 11) is 1.84. The monoisotopic (exact) mass is 404 g/mol. The first-order valence-corrected chi connectivity index (χ1v) is 10.2. The normalized spacial score (nSPS) is 13.7. The number of fused-ring (bicyclic) bond motifs is 1. The zero-order chi connectivity index (χ0) is 20.0. The predicted molar refractivity (Wildman–Crippen MR) is 117 cm³/mol. The van der Waals surface area contributed by atoms with Gasteiger partial charge in [-0.25, -0.2) is 4.79 Å². The molecule has 146 valence electrons. The number of imidazole rings is 1. The number of halogens is 1. The average molecular weight is 405 g/mol. The van der Waals surface area contributed by atoms with Gasteiger partial charge in [0.05, 0.1) is 16.1 Å². The van der Waals surface area contributed by atoms with Gasteiger partial charge in [0.2, 0.25) is 0 Å². The van der Waals surface area contributed by atoms with Crippen LogP contribution in [0.1, 0.15) is 12.8 Å². The van der Waals surface area contributed by atoms with Crippen LogP contribution in [-0.4, -0.2) is 9.13 Å². The van der Waals surface area contributed by atoms with E-state index in [1.54, 1.807) is 4.57 Å². The van der Waals surface area contributed by atoms with Crippen molar-refractivity contribution in [2.24, 2.45) is 13.0 Å². The third-order valence-electron chi connectivity index (χ3n) is 5.51. The molecule has 0 atom stereocenters. The van der Waals surface area contributed by atoms with Crippen LogP contribution < -0.4 is 10.4 Å². The molecule has 1 heterocycles. The molecule has 1 fully saturated rings. The number of rotatable bonds is 5. The Morgan fingerprint density at radius 3 is 2.55 bits per heavy atom. The molecule has 1 saturated carbocycles. The van der Waals surface area contributed by atoms with Crippen LogP contribution in [0.15, 0.2) is 71.5 Å². The van der Waals surface area contributed by atoms with Gasteiger partial charge in [-0.1, -0.05) is 41.9 Å². The number of para-hydroxylation sites is 1. The van der Waals surface area contributed by atoms with E-state index in [1.807, 2.05) is 60.1 Å². The van der Waals surface area contributed by atoms with Crippen LogP contribution in [0, 0.1) is 5.92 Å². The number of aryl methyl sites for hydroxylation is 1. The van der Waals surface area contributed by atoms with E-state index in [0.29, 0.717) is 16.7 Å². The smallest absolute Gasteiger partial charge is 0.328 e. The van der Waals surface area contributed by atoms with Crippen molar-refractivity contribution < 1.29 is 4.74 Å². The Balaban J connectivity index is 1.51. The number of benzene rings is 3. The Labute approximate surface area is 173 Å². The van der Waals surface area contributed by atoms with Gasteiger partial charge in [-0.2, -0.15) is 0 Å².